The maximum Gasteiger partial charge on any atom is 1.00 e. The van der Waals surface area contributed by atoms with Crippen molar-refractivity contribution < 1.29 is 73.1 Å². The Labute approximate surface area is 122 Å². The summed E-state index contributed by atoms with van der Waals surface area (Å²) in [6, 6.07) is 0. The van der Waals surface area contributed by atoms with E-state index in [1.165, 1.54) is 0 Å². The van der Waals surface area contributed by atoms with Gasteiger partial charge in [0.25, 0.3) is 0 Å². The Morgan fingerprint density at radius 1 is 1.07 bits per heavy atom. The average Bonchev–Trinajstić information content (AvgIpc) is 1.91. The van der Waals surface area contributed by atoms with E-state index in [0.717, 1.165) is 0 Å². The first-order valence-corrected chi connectivity index (χ1v) is 4.07. The summed E-state index contributed by atoms with van der Waals surface area (Å²) in [7, 11) is 0. The summed E-state index contributed by atoms with van der Waals surface area (Å²) in [6.45, 7) is -4.97. The molecule has 0 bridgehead atoms. The summed E-state index contributed by atoms with van der Waals surface area (Å²) in [5, 5.41) is 0. The third-order valence-corrected chi connectivity index (χ3v) is 2.05. The summed E-state index contributed by atoms with van der Waals surface area (Å²) >= 11 is 0. The third kappa shape index (κ3) is 5.85. The van der Waals surface area contributed by atoms with E-state index in [0.29, 0.717) is 0 Å². The molecule has 0 heterocycles. The molecule has 0 aromatic carbocycles. The van der Waals surface area contributed by atoms with Crippen molar-refractivity contribution in [3.63, 3.8) is 0 Å². The van der Waals surface area contributed by atoms with Gasteiger partial charge < -0.3 is 12.9 Å². The first-order chi connectivity index (χ1) is 5.79. The van der Waals surface area contributed by atoms with E-state index >= 15 is 0 Å². The number of hydrogen-bond donors (Lipinski definition) is 0. The van der Waals surface area contributed by atoms with Crippen molar-refractivity contribution >= 4 is 6.98 Å². The van der Waals surface area contributed by atoms with E-state index in [2.05, 4.69) is 0 Å². The Morgan fingerprint density at radius 2 is 1.50 bits per heavy atom. The monoisotopic (exact) mass is 238 g/mol. The van der Waals surface area contributed by atoms with Crippen LogP contribution in [0.1, 0.15) is 25.7 Å². The van der Waals surface area contributed by atoms with Crippen LogP contribution >= 0.6 is 0 Å². The van der Waals surface area contributed by atoms with E-state index in [4.69, 9.17) is 0 Å². The minimum atomic E-state index is -4.97. The van der Waals surface area contributed by atoms with E-state index < -0.39 is 25.7 Å². The van der Waals surface area contributed by atoms with Crippen LogP contribution in [0.15, 0.2) is 11.5 Å². The summed E-state index contributed by atoms with van der Waals surface area (Å²) in [5.74, 6) is -2.56. The Morgan fingerprint density at radius 3 is 1.86 bits per heavy atom. The van der Waals surface area contributed by atoms with Gasteiger partial charge in [0.1, 0.15) is 0 Å². The number of allylic oxidation sites excluding steroid dienone is 1. The van der Waals surface area contributed by atoms with Crippen LogP contribution in [0.25, 0.3) is 0 Å². The molecule has 0 saturated heterocycles. The summed E-state index contributed by atoms with van der Waals surface area (Å²) in [4.78, 5) is 0. The molecule has 0 aromatic rings. The summed E-state index contributed by atoms with van der Waals surface area (Å²) in [5.41, 5.74) is 0.110. The zero-order chi connectivity index (χ0) is 10.1. The van der Waals surface area contributed by atoms with E-state index in [9.17, 15) is 21.7 Å². The molecule has 1 saturated carbocycles. The number of alkyl halides is 2. The molecule has 0 aliphatic heterocycles. The van der Waals surface area contributed by atoms with Crippen molar-refractivity contribution in [2.24, 2.45) is 0 Å². The zero-order valence-electron chi connectivity index (χ0n) is 7.87. The molecule has 0 N–H and O–H groups in total. The van der Waals surface area contributed by atoms with Crippen LogP contribution in [0, 0.1) is 0 Å². The van der Waals surface area contributed by atoms with Crippen LogP contribution in [-0.4, -0.2) is 12.9 Å². The molecular weight excluding hydrogens is 229 g/mol. The smallest absolute Gasteiger partial charge is 0.445 e. The molecule has 0 unspecified atom stereocenters. The number of rotatable bonds is 1. The van der Waals surface area contributed by atoms with Crippen LogP contribution in [-0.2, 0) is 0 Å². The molecular formula is C7H9BF5K. The van der Waals surface area contributed by atoms with Gasteiger partial charge in [-0.3, -0.25) is 0 Å². The van der Waals surface area contributed by atoms with Gasteiger partial charge in [0.05, 0.1) is 0 Å². The van der Waals surface area contributed by atoms with Crippen molar-refractivity contribution in [1.29, 1.82) is 0 Å². The summed E-state index contributed by atoms with van der Waals surface area (Å²) in [6.07, 6.45) is -1.17. The van der Waals surface area contributed by atoms with Crippen LogP contribution in [0.5, 0.6) is 0 Å². The first-order valence-electron chi connectivity index (χ1n) is 4.07. The second-order valence-corrected chi connectivity index (χ2v) is 3.31. The van der Waals surface area contributed by atoms with Crippen LogP contribution < -0.4 is 51.4 Å². The molecule has 1 aliphatic carbocycles. The predicted molar refractivity (Wildman–Crippen MR) is 40.6 cm³/mol. The van der Waals surface area contributed by atoms with Gasteiger partial charge in [0, 0.05) is 12.8 Å². The van der Waals surface area contributed by atoms with Gasteiger partial charge in [0.2, 0.25) is 5.92 Å². The van der Waals surface area contributed by atoms with Crippen LogP contribution in [0.4, 0.5) is 21.7 Å². The molecule has 0 atom stereocenters. The van der Waals surface area contributed by atoms with Gasteiger partial charge in [0.15, 0.2) is 0 Å². The Hall–Kier alpha value is 1.09. The molecule has 0 amide bonds. The van der Waals surface area contributed by atoms with E-state index in [-0.39, 0.29) is 75.8 Å². The fourth-order valence-corrected chi connectivity index (χ4v) is 1.37. The Bertz CT molecular complexity index is 211. The maximum absolute atomic E-state index is 12.5. The average molecular weight is 238 g/mol. The van der Waals surface area contributed by atoms with Crippen molar-refractivity contribution in [1.82, 2.24) is 0 Å². The number of halogens is 5. The molecule has 0 spiro atoms. The van der Waals surface area contributed by atoms with Gasteiger partial charge in [-0.15, -0.1) is 11.5 Å². The summed E-state index contributed by atoms with van der Waals surface area (Å²) < 4.78 is 60.5. The van der Waals surface area contributed by atoms with E-state index in [1.807, 2.05) is 0 Å². The topological polar surface area (TPSA) is 0 Å². The molecule has 1 fully saturated rings. The molecule has 0 nitrogen and oxygen atoms in total. The standard InChI is InChI=1S/C7H9BF5.K/c9-7(10)3-1-6(2-4-7)5-8(11,12)13;/h5H,1-4H2;/q-1;+1. The predicted octanol–water partition coefficient (Wildman–Crippen LogP) is 0.513. The van der Waals surface area contributed by atoms with E-state index in [1.54, 1.807) is 0 Å². The molecule has 1 aliphatic rings. The molecule has 7 heteroatoms. The normalized spacial score (nSPS) is 21.4. The number of hydrogen-bond acceptors (Lipinski definition) is 0. The first kappa shape index (κ1) is 15.1. The minimum Gasteiger partial charge on any atom is -0.445 e. The second kappa shape index (κ2) is 5.43. The Balaban J connectivity index is 0.00000169. The second-order valence-electron chi connectivity index (χ2n) is 3.31. The van der Waals surface area contributed by atoms with Gasteiger partial charge in [-0.05, 0) is 12.8 Å². The van der Waals surface area contributed by atoms with Crippen molar-refractivity contribution in [3.05, 3.63) is 11.5 Å². The van der Waals surface area contributed by atoms with Gasteiger partial charge in [-0.1, -0.05) is 0 Å². The molecule has 76 valence electrons. The quantitative estimate of drug-likeness (QED) is 0.461. The largest absolute Gasteiger partial charge is 1.00 e. The fraction of sp³-hybridized carbons (Fsp3) is 0.714. The molecule has 0 radical (unpaired) electrons. The zero-order valence-corrected chi connectivity index (χ0v) is 11.0. The van der Waals surface area contributed by atoms with Gasteiger partial charge in [-0.2, -0.15) is 0 Å². The maximum atomic E-state index is 12.5. The third-order valence-electron chi connectivity index (χ3n) is 2.05. The van der Waals surface area contributed by atoms with Gasteiger partial charge in [-0.25, -0.2) is 8.78 Å². The van der Waals surface area contributed by atoms with Crippen molar-refractivity contribution in [2.45, 2.75) is 31.6 Å². The van der Waals surface area contributed by atoms with Crippen LogP contribution in [0.3, 0.4) is 0 Å². The molecule has 1 rings (SSSR count). The molecule has 0 aromatic heterocycles. The fourth-order valence-electron chi connectivity index (χ4n) is 1.37. The van der Waals surface area contributed by atoms with Crippen molar-refractivity contribution in [3.8, 4) is 0 Å². The SMILES string of the molecule is F[B-](F)(F)C=C1CCC(F)(F)CC1.[K+]. The van der Waals surface area contributed by atoms with Crippen molar-refractivity contribution in [2.75, 3.05) is 0 Å². The van der Waals surface area contributed by atoms with Gasteiger partial charge >= 0.3 is 58.4 Å². The Kier molecular flexibility index (Phi) is 5.85. The molecule has 14 heavy (non-hydrogen) atoms. The minimum absolute atomic E-state index is 0. The van der Waals surface area contributed by atoms with Crippen LogP contribution in [0.2, 0.25) is 0 Å².